The van der Waals surface area contributed by atoms with Crippen molar-refractivity contribution < 1.29 is 28.5 Å². The first-order valence-corrected chi connectivity index (χ1v) is 15.1. The molecule has 0 radical (unpaired) electrons. The van der Waals surface area contributed by atoms with Crippen LogP contribution in [-0.2, 0) is 30.2 Å². The van der Waals surface area contributed by atoms with Crippen molar-refractivity contribution in [3.63, 3.8) is 0 Å². The van der Waals surface area contributed by atoms with Crippen molar-refractivity contribution in [2.45, 2.75) is 83.4 Å². The van der Waals surface area contributed by atoms with E-state index in [1.807, 2.05) is 65.0 Å². The largest absolute Gasteiger partial charge is 0.444 e. The molecule has 1 aromatic carbocycles. The Kier molecular flexibility index (Phi) is 9.02. The number of halogens is 1. The van der Waals surface area contributed by atoms with Crippen LogP contribution in [0.15, 0.2) is 43.0 Å². The Morgan fingerprint density at radius 2 is 1.83 bits per heavy atom. The topological polar surface area (TPSA) is 130 Å². The van der Waals surface area contributed by atoms with Gasteiger partial charge in [-0.2, -0.15) is 0 Å². The molecule has 0 saturated carbocycles. The van der Waals surface area contributed by atoms with Crippen molar-refractivity contribution >= 4 is 45.8 Å². The molecule has 0 unspecified atom stereocenters. The first-order valence-electron chi connectivity index (χ1n) is 14.1. The Morgan fingerprint density at radius 1 is 1.10 bits per heavy atom. The summed E-state index contributed by atoms with van der Waals surface area (Å²) in [6.07, 6.45) is 1.23. The molecule has 1 N–H and O–H groups in total. The number of imidazole rings is 1. The average Bonchev–Trinajstić information content (AvgIpc) is 3.58. The normalized spacial score (nSPS) is 23.1. The molecule has 4 heterocycles. The highest BCUT2D eigenvalue weighted by molar-refractivity contribution is 14.1. The third kappa shape index (κ3) is 7.01. The van der Waals surface area contributed by atoms with Crippen LogP contribution in [0.3, 0.4) is 0 Å². The van der Waals surface area contributed by atoms with Gasteiger partial charge in [0.1, 0.15) is 33.4 Å². The smallest absolute Gasteiger partial charge is 0.410 e. The highest BCUT2D eigenvalue weighted by Gasteiger charge is 2.58. The SMILES string of the molecule is CC(C)(C)OC(=O)N(CCCNC(=O)[C@H]1O[C@@H](n2cnc3c(I)ncnc32)[C@@H]2OC(C)(C)O[C@@H]21)CCc1ccccc1. The molecule has 12 nitrogen and oxygen atoms in total. The van der Waals surface area contributed by atoms with Crippen LogP contribution in [0.4, 0.5) is 4.79 Å². The summed E-state index contributed by atoms with van der Waals surface area (Å²) in [5, 5.41) is 2.96. The minimum atomic E-state index is -0.903. The number of nitrogens with one attached hydrogen (secondary N) is 1. The molecule has 0 spiro atoms. The van der Waals surface area contributed by atoms with E-state index in [0.717, 1.165) is 5.56 Å². The highest BCUT2D eigenvalue weighted by atomic mass is 127. The quantitative estimate of drug-likeness (QED) is 0.202. The molecule has 2 fully saturated rings. The Labute approximate surface area is 258 Å². The number of amides is 2. The van der Waals surface area contributed by atoms with Gasteiger partial charge in [-0.25, -0.2) is 19.7 Å². The van der Waals surface area contributed by atoms with Gasteiger partial charge in [0.05, 0.1) is 6.33 Å². The van der Waals surface area contributed by atoms with E-state index in [1.54, 1.807) is 15.8 Å². The van der Waals surface area contributed by atoms with Crippen LogP contribution in [0.2, 0.25) is 0 Å². The van der Waals surface area contributed by atoms with Gasteiger partial charge in [-0.3, -0.25) is 9.36 Å². The van der Waals surface area contributed by atoms with E-state index < -0.39 is 35.9 Å². The molecule has 226 valence electrons. The number of ether oxygens (including phenoxy) is 4. The second-order valence-corrected chi connectivity index (χ2v) is 12.9. The van der Waals surface area contributed by atoms with E-state index in [-0.39, 0.29) is 12.0 Å². The minimum absolute atomic E-state index is 0.310. The average molecular weight is 693 g/mol. The van der Waals surface area contributed by atoms with Crippen LogP contribution in [-0.4, -0.2) is 85.8 Å². The predicted octanol–water partition coefficient (Wildman–Crippen LogP) is 3.83. The first-order chi connectivity index (χ1) is 19.9. The molecule has 4 atom stereocenters. The van der Waals surface area contributed by atoms with E-state index >= 15 is 0 Å². The molecule has 2 saturated heterocycles. The van der Waals surface area contributed by atoms with Crippen LogP contribution in [0, 0.1) is 3.70 Å². The van der Waals surface area contributed by atoms with Gasteiger partial charge in [-0.15, -0.1) is 0 Å². The maximum Gasteiger partial charge on any atom is 0.410 e. The fraction of sp³-hybridized carbons (Fsp3) is 0.552. The summed E-state index contributed by atoms with van der Waals surface area (Å²) in [4.78, 5) is 41.0. The minimum Gasteiger partial charge on any atom is -0.444 e. The zero-order valence-corrected chi connectivity index (χ0v) is 26.6. The lowest BCUT2D eigenvalue weighted by Gasteiger charge is -2.27. The van der Waals surface area contributed by atoms with Crippen LogP contribution in [0.1, 0.15) is 52.8 Å². The number of hydrogen-bond donors (Lipinski definition) is 1. The molecule has 13 heteroatoms. The lowest BCUT2D eigenvalue weighted by molar-refractivity contribution is -0.197. The van der Waals surface area contributed by atoms with Crippen LogP contribution < -0.4 is 5.32 Å². The van der Waals surface area contributed by atoms with Crippen molar-refractivity contribution in [1.82, 2.24) is 29.7 Å². The third-order valence-corrected chi connectivity index (χ3v) is 7.73. The summed E-state index contributed by atoms with van der Waals surface area (Å²) in [7, 11) is 0. The number of fused-ring (bicyclic) bond motifs is 2. The predicted molar refractivity (Wildman–Crippen MR) is 161 cm³/mol. The fourth-order valence-corrected chi connectivity index (χ4v) is 5.64. The zero-order valence-electron chi connectivity index (χ0n) is 24.4. The van der Waals surface area contributed by atoms with Gasteiger partial charge in [-0.1, -0.05) is 30.3 Å². The van der Waals surface area contributed by atoms with E-state index in [4.69, 9.17) is 18.9 Å². The van der Waals surface area contributed by atoms with Crippen LogP contribution in [0.5, 0.6) is 0 Å². The summed E-state index contributed by atoms with van der Waals surface area (Å²) in [6, 6.07) is 9.99. The summed E-state index contributed by atoms with van der Waals surface area (Å²) in [5.41, 5.74) is 1.76. The number of nitrogens with zero attached hydrogens (tertiary/aromatic N) is 5. The van der Waals surface area contributed by atoms with Crippen LogP contribution >= 0.6 is 22.6 Å². The molecule has 42 heavy (non-hydrogen) atoms. The van der Waals surface area contributed by atoms with E-state index in [2.05, 4.69) is 42.9 Å². The van der Waals surface area contributed by atoms with E-state index in [1.165, 1.54) is 6.33 Å². The molecule has 3 aromatic rings. The Balaban J connectivity index is 1.21. The summed E-state index contributed by atoms with van der Waals surface area (Å²) < 4.78 is 26.7. The molecule has 2 aliphatic rings. The summed E-state index contributed by atoms with van der Waals surface area (Å²) in [6.45, 7) is 10.4. The second kappa shape index (κ2) is 12.4. The molecule has 5 rings (SSSR count). The number of rotatable bonds is 9. The summed E-state index contributed by atoms with van der Waals surface area (Å²) >= 11 is 2.11. The van der Waals surface area contributed by atoms with Crippen molar-refractivity contribution in [3.05, 3.63) is 52.3 Å². The Bertz CT molecular complexity index is 1410. The molecule has 2 aliphatic heterocycles. The molecule has 0 bridgehead atoms. The maximum absolute atomic E-state index is 13.4. The number of carbonyl (C=O) groups is 2. The van der Waals surface area contributed by atoms with E-state index in [0.29, 0.717) is 47.3 Å². The van der Waals surface area contributed by atoms with Gasteiger partial charge in [0, 0.05) is 19.6 Å². The number of carbonyl (C=O) groups excluding carboxylic acids is 2. The first kappa shape index (κ1) is 30.6. The molecule has 0 aliphatic carbocycles. The van der Waals surface area contributed by atoms with Gasteiger partial charge in [-0.05, 0) is 75.6 Å². The van der Waals surface area contributed by atoms with Crippen molar-refractivity contribution in [3.8, 4) is 0 Å². The van der Waals surface area contributed by atoms with Crippen molar-refractivity contribution in [2.75, 3.05) is 19.6 Å². The second-order valence-electron chi connectivity index (χ2n) is 11.8. The Morgan fingerprint density at radius 3 is 2.57 bits per heavy atom. The molecule has 2 amide bonds. The molecular weight excluding hydrogens is 655 g/mol. The Hall–Kier alpha value is -2.88. The standard InChI is InChI=1S/C29H37IN6O6/c1-28(2,3)42-27(38)35(15-12-18-10-7-6-8-11-18)14-9-13-31-25(37)21-20-22(41-29(4,5)40-20)26(39-21)36-17-34-19-23(30)32-16-33-24(19)36/h6-8,10-11,16-17,20-22,26H,9,12-15H2,1-5H3,(H,31,37)/t20-,21+,22-,26-/m1/s1. The number of aromatic nitrogens is 4. The van der Waals surface area contributed by atoms with Gasteiger partial charge in [0.25, 0.3) is 5.91 Å². The van der Waals surface area contributed by atoms with E-state index in [9.17, 15) is 9.59 Å². The third-order valence-electron chi connectivity index (χ3n) is 6.94. The van der Waals surface area contributed by atoms with Gasteiger partial charge >= 0.3 is 6.09 Å². The lowest BCUT2D eigenvalue weighted by Crippen LogP contribution is -2.44. The van der Waals surface area contributed by atoms with Crippen LogP contribution in [0.25, 0.3) is 11.2 Å². The lowest BCUT2D eigenvalue weighted by atomic mass is 10.1. The van der Waals surface area contributed by atoms with Crippen molar-refractivity contribution in [2.24, 2.45) is 0 Å². The highest BCUT2D eigenvalue weighted by Crippen LogP contribution is 2.43. The number of benzene rings is 1. The van der Waals surface area contributed by atoms with Gasteiger partial charge in [0.15, 0.2) is 23.8 Å². The van der Waals surface area contributed by atoms with Gasteiger partial charge < -0.3 is 29.2 Å². The number of hydrogen-bond acceptors (Lipinski definition) is 9. The molecular formula is C29H37IN6O6. The summed E-state index contributed by atoms with van der Waals surface area (Å²) in [5.74, 6) is -1.20. The van der Waals surface area contributed by atoms with Gasteiger partial charge in [0.2, 0.25) is 0 Å². The maximum atomic E-state index is 13.4. The zero-order chi connectivity index (χ0) is 30.1. The van der Waals surface area contributed by atoms with Crippen molar-refractivity contribution in [1.29, 1.82) is 0 Å². The fourth-order valence-electron chi connectivity index (χ4n) is 5.13. The monoisotopic (exact) mass is 692 g/mol. The molecule has 2 aromatic heterocycles.